The van der Waals surface area contributed by atoms with E-state index in [1.54, 1.807) is 0 Å². The summed E-state index contributed by atoms with van der Waals surface area (Å²) in [6.07, 6.45) is 2.05. The van der Waals surface area contributed by atoms with Gasteiger partial charge >= 0.3 is 0 Å². The second kappa shape index (κ2) is 4.85. The maximum absolute atomic E-state index is 13.1. The third kappa shape index (κ3) is 2.50. The van der Waals surface area contributed by atoms with E-state index in [0.29, 0.717) is 19.1 Å². The number of hydrogen-bond acceptors (Lipinski definition) is 2. The lowest BCUT2D eigenvalue weighted by atomic mass is 9.97. The summed E-state index contributed by atoms with van der Waals surface area (Å²) in [5.41, 5.74) is 0.102. The Hall–Kier alpha value is -1.98. The van der Waals surface area contributed by atoms with Crippen molar-refractivity contribution < 1.29 is 18.4 Å². The Balaban J connectivity index is 1.57. The van der Waals surface area contributed by atoms with Crippen LogP contribution >= 0.6 is 0 Å². The SMILES string of the molecule is O=C(NC1CC1)C1CN(C(=O)c2ccc(F)c(F)c2)C1. The monoisotopic (exact) mass is 280 g/mol. The molecule has 1 aromatic rings. The zero-order valence-electron chi connectivity index (χ0n) is 10.7. The maximum Gasteiger partial charge on any atom is 0.254 e. The summed E-state index contributed by atoms with van der Waals surface area (Å²) in [5, 5.41) is 2.89. The topological polar surface area (TPSA) is 49.4 Å². The van der Waals surface area contributed by atoms with Crippen molar-refractivity contribution in [1.29, 1.82) is 0 Å². The first-order valence-electron chi connectivity index (χ1n) is 6.59. The van der Waals surface area contributed by atoms with Crippen molar-refractivity contribution in [3.8, 4) is 0 Å². The fraction of sp³-hybridized carbons (Fsp3) is 0.429. The molecule has 0 atom stereocenters. The fourth-order valence-electron chi connectivity index (χ4n) is 2.17. The molecule has 1 aromatic carbocycles. The summed E-state index contributed by atoms with van der Waals surface area (Å²) in [6, 6.07) is 3.37. The number of amides is 2. The average molecular weight is 280 g/mol. The summed E-state index contributed by atoms with van der Waals surface area (Å²) in [4.78, 5) is 25.2. The van der Waals surface area contributed by atoms with E-state index in [1.165, 1.54) is 11.0 Å². The molecule has 1 saturated carbocycles. The van der Waals surface area contributed by atoms with Crippen molar-refractivity contribution in [3.63, 3.8) is 0 Å². The minimum Gasteiger partial charge on any atom is -0.353 e. The van der Waals surface area contributed by atoms with Gasteiger partial charge in [0.05, 0.1) is 5.92 Å². The molecule has 2 aliphatic rings. The predicted molar refractivity (Wildman–Crippen MR) is 66.9 cm³/mol. The minimum atomic E-state index is -1.04. The molecule has 1 saturated heterocycles. The van der Waals surface area contributed by atoms with E-state index in [-0.39, 0.29) is 23.3 Å². The van der Waals surface area contributed by atoms with Crippen molar-refractivity contribution in [2.45, 2.75) is 18.9 Å². The number of carbonyl (C=O) groups excluding carboxylic acids is 2. The van der Waals surface area contributed by atoms with Crippen molar-refractivity contribution in [2.24, 2.45) is 5.92 Å². The molecular weight excluding hydrogens is 266 g/mol. The van der Waals surface area contributed by atoms with Crippen molar-refractivity contribution in [3.05, 3.63) is 35.4 Å². The molecule has 0 bridgehead atoms. The fourth-order valence-corrected chi connectivity index (χ4v) is 2.17. The minimum absolute atomic E-state index is 0.0261. The first-order chi connectivity index (χ1) is 9.54. The van der Waals surface area contributed by atoms with Gasteiger partial charge in [0, 0.05) is 24.7 Å². The van der Waals surface area contributed by atoms with Crippen LogP contribution in [-0.2, 0) is 4.79 Å². The molecule has 2 fully saturated rings. The van der Waals surface area contributed by atoms with Gasteiger partial charge in [-0.2, -0.15) is 0 Å². The van der Waals surface area contributed by atoms with Crippen LogP contribution in [-0.4, -0.2) is 35.8 Å². The number of nitrogens with one attached hydrogen (secondary N) is 1. The van der Waals surface area contributed by atoms with Gasteiger partial charge in [-0.05, 0) is 31.0 Å². The number of benzene rings is 1. The van der Waals surface area contributed by atoms with Crippen LogP contribution in [0.1, 0.15) is 23.2 Å². The summed E-state index contributed by atoms with van der Waals surface area (Å²) in [6.45, 7) is 0.659. The molecule has 0 aromatic heterocycles. The maximum atomic E-state index is 13.1. The van der Waals surface area contributed by atoms with Crippen LogP contribution in [0.3, 0.4) is 0 Å². The van der Waals surface area contributed by atoms with Gasteiger partial charge in [-0.1, -0.05) is 0 Å². The first-order valence-corrected chi connectivity index (χ1v) is 6.59. The van der Waals surface area contributed by atoms with Gasteiger partial charge < -0.3 is 10.2 Å². The van der Waals surface area contributed by atoms with Gasteiger partial charge in [0.1, 0.15) is 0 Å². The van der Waals surface area contributed by atoms with E-state index in [9.17, 15) is 18.4 Å². The Morgan fingerprint density at radius 2 is 1.85 bits per heavy atom. The van der Waals surface area contributed by atoms with E-state index in [4.69, 9.17) is 0 Å². The van der Waals surface area contributed by atoms with Crippen LogP contribution in [0.5, 0.6) is 0 Å². The predicted octanol–water partition coefficient (Wildman–Crippen LogP) is 1.32. The number of carbonyl (C=O) groups is 2. The van der Waals surface area contributed by atoms with Crippen molar-refractivity contribution in [2.75, 3.05) is 13.1 Å². The zero-order chi connectivity index (χ0) is 14.3. The number of halogens is 2. The number of rotatable bonds is 3. The molecule has 106 valence electrons. The van der Waals surface area contributed by atoms with Crippen LogP contribution in [0.4, 0.5) is 8.78 Å². The van der Waals surface area contributed by atoms with Crippen LogP contribution in [0, 0.1) is 17.6 Å². The van der Waals surface area contributed by atoms with Crippen molar-refractivity contribution in [1.82, 2.24) is 10.2 Å². The summed E-state index contributed by atoms with van der Waals surface area (Å²) < 4.78 is 25.9. The molecule has 1 N–H and O–H groups in total. The van der Waals surface area contributed by atoms with Gasteiger partial charge in [-0.25, -0.2) is 8.78 Å². The standard InChI is InChI=1S/C14H14F2N2O2/c15-11-4-1-8(5-12(11)16)14(20)18-6-9(7-18)13(19)17-10-2-3-10/h1,4-5,9-10H,2-3,6-7H2,(H,17,19). The van der Waals surface area contributed by atoms with Gasteiger partial charge in [-0.15, -0.1) is 0 Å². The van der Waals surface area contributed by atoms with E-state index < -0.39 is 11.6 Å². The van der Waals surface area contributed by atoms with E-state index in [1.807, 2.05) is 0 Å². The molecule has 1 aliphatic carbocycles. The Bertz CT molecular complexity index is 566. The van der Waals surface area contributed by atoms with Gasteiger partial charge in [-0.3, -0.25) is 9.59 Å². The quantitative estimate of drug-likeness (QED) is 0.907. The molecule has 1 heterocycles. The molecular formula is C14H14F2N2O2. The Morgan fingerprint density at radius 3 is 2.45 bits per heavy atom. The number of nitrogens with zero attached hydrogens (tertiary/aromatic N) is 1. The average Bonchev–Trinajstić information content (AvgIpc) is 3.14. The molecule has 0 spiro atoms. The highest BCUT2D eigenvalue weighted by Gasteiger charge is 2.38. The van der Waals surface area contributed by atoms with Gasteiger partial charge in [0.15, 0.2) is 11.6 Å². The Kier molecular flexibility index (Phi) is 3.16. The molecule has 4 nitrogen and oxygen atoms in total. The number of hydrogen-bond donors (Lipinski definition) is 1. The molecule has 1 aliphatic heterocycles. The number of likely N-dealkylation sites (tertiary alicyclic amines) is 1. The lowest BCUT2D eigenvalue weighted by Gasteiger charge is -2.38. The lowest BCUT2D eigenvalue weighted by molar-refractivity contribution is -0.129. The first kappa shape index (κ1) is 13.0. The van der Waals surface area contributed by atoms with Crippen LogP contribution < -0.4 is 5.32 Å². The second-order valence-electron chi connectivity index (χ2n) is 5.32. The third-order valence-electron chi connectivity index (χ3n) is 3.63. The highest BCUT2D eigenvalue weighted by molar-refractivity contribution is 5.96. The van der Waals surface area contributed by atoms with E-state index >= 15 is 0 Å². The lowest BCUT2D eigenvalue weighted by Crippen LogP contribution is -2.56. The highest BCUT2D eigenvalue weighted by atomic mass is 19.2. The molecule has 2 amide bonds. The summed E-state index contributed by atoms with van der Waals surface area (Å²) in [7, 11) is 0. The molecule has 0 radical (unpaired) electrons. The van der Waals surface area contributed by atoms with Gasteiger partial charge in [0.2, 0.25) is 5.91 Å². The van der Waals surface area contributed by atoms with E-state index in [0.717, 1.165) is 25.0 Å². The normalized spacial score (nSPS) is 18.6. The molecule has 0 unspecified atom stereocenters. The second-order valence-corrected chi connectivity index (χ2v) is 5.32. The van der Waals surface area contributed by atoms with Crippen molar-refractivity contribution >= 4 is 11.8 Å². The molecule has 6 heteroatoms. The van der Waals surface area contributed by atoms with Crippen LogP contribution in [0.25, 0.3) is 0 Å². The summed E-state index contributed by atoms with van der Waals surface area (Å²) >= 11 is 0. The van der Waals surface area contributed by atoms with Crippen LogP contribution in [0.15, 0.2) is 18.2 Å². The van der Waals surface area contributed by atoms with Gasteiger partial charge in [0.25, 0.3) is 5.91 Å². The third-order valence-corrected chi connectivity index (χ3v) is 3.63. The summed E-state index contributed by atoms with van der Waals surface area (Å²) in [5.74, 6) is -2.61. The highest BCUT2D eigenvalue weighted by Crippen LogP contribution is 2.23. The smallest absolute Gasteiger partial charge is 0.254 e. The Labute approximate surface area is 114 Å². The van der Waals surface area contributed by atoms with E-state index in [2.05, 4.69) is 5.32 Å². The zero-order valence-corrected chi connectivity index (χ0v) is 10.7. The molecule has 3 rings (SSSR count). The largest absolute Gasteiger partial charge is 0.353 e. The Morgan fingerprint density at radius 1 is 1.15 bits per heavy atom. The molecule has 20 heavy (non-hydrogen) atoms. The van der Waals surface area contributed by atoms with Crippen LogP contribution in [0.2, 0.25) is 0 Å².